The highest BCUT2D eigenvalue weighted by Gasteiger charge is 2.17. The second-order valence-electron chi connectivity index (χ2n) is 7.50. The molecule has 0 amide bonds. The molecule has 144 valence electrons. The van der Waals surface area contributed by atoms with E-state index in [9.17, 15) is 5.26 Å². The monoisotopic (exact) mass is 384 g/mol. The molecule has 2 rings (SSSR count). The van der Waals surface area contributed by atoms with Gasteiger partial charge >= 0.3 is 0 Å². The first-order chi connectivity index (χ1) is 12.8. The quantitative estimate of drug-likeness (QED) is 0.422. The second kappa shape index (κ2) is 9.01. The van der Waals surface area contributed by atoms with Gasteiger partial charge in [0.2, 0.25) is 6.19 Å². The van der Waals surface area contributed by atoms with Gasteiger partial charge in [0, 0.05) is 17.3 Å². The highest BCUT2D eigenvalue weighted by Crippen LogP contribution is 2.22. The van der Waals surface area contributed by atoms with E-state index >= 15 is 0 Å². The van der Waals surface area contributed by atoms with Crippen LogP contribution in [0, 0.1) is 18.4 Å². The SMILES string of the molecule is CCCCc1cn(C(C)(C)C)sc1=NC(=NC#N)c1cc(C)ccc1OC. The number of benzene rings is 1. The molecule has 0 atom stereocenters. The predicted octanol–water partition coefficient (Wildman–Crippen LogP) is 4.79. The van der Waals surface area contributed by atoms with Gasteiger partial charge in [-0.25, -0.2) is 4.99 Å². The molecule has 0 saturated heterocycles. The maximum absolute atomic E-state index is 9.21. The number of ether oxygens (including phenoxy) is 1. The molecule has 6 heteroatoms. The number of nitriles is 1. The number of amidine groups is 1. The molecule has 0 fully saturated rings. The largest absolute Gasteiger partial charge is 0.496 e. The average Bonchev–Trinajstić information content (AvgIpc) is 3.02. The zero-order chi connectivity index (χ0) is 20.0. The van der Waals surface area contributed by atoms with Gasteiger partial charge in [0.15, 0.2) is 5.84 Å². The van der Waals surface area contributed by atoms with Crippen LogP contribution in [0.5, 0.6) is 5.75 Å². The van der Waals surface area contributed by atoms with Crippen molar-refractivity contribution in [3.63, 3.8) is 0 Å². The number of rotatable bonds is 5. The third-order valence-corrected chi connectivity index (χ3v) is 5.53. The molecule has 0 spiro atoms. The lowest BCUT2D eigenvalue weighted by molar-refractivity contribution is 0.414. The van der Waals surface area contributed by atoms with E-state index in [4.69, 9.17) is 9.73 Å². The Morgan fingerprint density at radius 1 is 1.33 bits per heavy atom. The molecule has 0 aliphatic rings. The van der Waals surface area contributed by atoms with Gasteiger partial charge in [-0.2, -0.15) is 10.3 Å². The highest BCUT2D eigenvalue weighted by molar-refractivity contribution is 7.04. The number of hydrogen-bond acceptors (Lipinski definition) is 4. The molecule has 0 N–H and O–H groups in total. The molecule has 2 aromatic rings. The van der Waals surface area contributed by atoms with Crippen molar-refractivity contribution in [3.8, 4) is 11.9 Å². The topological polar surface area (TPSA) is 62.7 Å². The normalized spacial score (nSPS) is 12.9. The molecule has 27 heavy (non-hydrogen) atoms. The lowest BCUT2D eigenvalue weighted by atomic mass is 10.1. The summed E-state index contributed by atoms with van der Waals surface area (Å²) in [6.07, 6.45) is 7.25. The number of methoxy groups -OCH3 is 1. The van der Waals surface area contributed by atoms with Crippen LogP contribution in [0.2, 0.25) is 0 Å². The first-order valence-electron chi connectivity index (χ1n) is 9.19. The minimum Gasteiger partial charge on any atom is -0.496 e. The summed E-state index contributed by atoms with van der Waals surface area (Å²) in [6, 6.07) is 5.81. The molecule has 0 radical (unpaired) electrons. The lowest BCUT2D eigenvalue weighted by Crippen LogP contribution is -2.18. The van der Waals surface area contributed by atoms with Gasteiger partial charge in [-0.3, -0.25) is 3.96 Å². The minimum absolute atomic E-state index is 0.0209. The van der Waals surface area contributed by atoms with Crippen LogP contribution in [0.1, 0.15) is 57.2 Å². The molecule has 5 nitrogen and oxygen atoms in total. The van der Waals surface area contributed by atoms with Crippen LogP contribution < -0.4 is 9.41 Å². The molecule has 0 unspecified atom stereocenters. The summed E-state index contributed by atoms with van der Waals surface area (Å²) < 4.78 is 8.58. The Morgan fingerprint density at radius 2 is 2.07 bits per heavy atom. The van der Waals surface area contributed by atoms with E-state index in [1.807, 2.05) is 31.3 Å². The van der Waals surface area contributed by atoms with Crippen LogP contribution in [0.15, 0.2) is 34.4 Å². The van der Waals surface area contributed by atoms with Crippen LogP contribution in [0.3, 0.4) is 0 Å². The fourth-order valence-electron chi connectivity index (χ4n) is 2.62. The Hall–Kier alpha value is -2.39. The summed E-state index contributed by atoms with van der Waals surface area (Å²) in [5.74, 6) is 1.05. The van der Waals surface area contributed by atoms with Crippen LogP contribution >= 0.6 is 11.5 Å². The molecule has 0 aliphatic carbocycles. The van der Waals surface area contributed by atoms with Gasteiger partial charge in [-0.15, -0.1) is 0 Å². The molecular formula is C21H28N4OS. The smallest absolute Gasteiger partial charge is 0.207 e. The van der Waals surface area contributed by atoms with Gasteiger partial charge in [-0.1, -0.05) is 25.0 Å². The lowest BCUT2D eigenvalue weighted by Gasteiger charge is -2.19. The highest BCUT2D eigenvalue weighted by atomic mass is 32.1. The third kappa shape index (κ3) is 5.30. The number of nitrogens with zero attached hydrogens (tertiary/aromatic N) is 4. The molecule has 0 saturated carbocycles. The zero-order valence-corrected chi connectivity index (χ0v) is 17.9. The number of aliphatic imine (C=N–C) groups is 1. The first-order valence-corrected chi connectivity index (χ1v) is 9.96. The maximum Gasteiger partial charge on any atom is 0.207 e. The number of aromatic nitrogens is 1. The van der Waals surface area contributed by atoms with Crippen molar-refractivity contribution < 1.29 is 4.74 Å². The van der Waals surface area contributed by atoms with Gasteiger partial charge in [0.25, 0.3) is 0 Å². The van der Waals surface area contributed by atoms with Crippen molar-refractivity contribution in [1.82, 2.24) is 3.96 Å². The van der Waals surface area contributed by atoms with Crippen molar-refractivity contribution >= 4 is 17.4 Å². The molecule has 1 aromatic carbocycles. The summed E-state index contributed by atoms with van der Waals surface area (Å²) in [6.45, 7) is 10.7. The molecule has 0 aliphatic heterocycles. The summed E-state index contributed by atoms with van der Waals surface area (Å²) >= 11 is 1.60. The summed E-state index contributed by atoms with van der Waals surface area (Å²) in [5.41, 5.74) is 2.96. The Labute approximate surface area is 165 Å². The Morgan fingerprint density at radius 3 is 2.67 bits per heavy atom. The zero-order valence-electron chi connectivity index (χ0n) is 17.0. The van der Waals surface area contributed by atoms with Gasteiger partial charge in [-0.05, 0) is 64.2 Å². The number of unbranched alkanes of at least 4 members (excludes halogenated alkanes) is 1. The van der Waals surface area contributed by atoms with Crippen molar-refractivity contribution in [2.45, 2.75) is 59.4 Å². The van der Waals surface area contributed by atoms with E-state index in [-0.39, 0.29) is 5.54 Å². The van der Waals surface area contributed by atoms with E-state index in [0.29, 0.717) is 11.6 Å². The fourth-order valence-corrected chi connectivity index (χ4v) is 3.66. The summed E-state index contributed by atoms with van der Waals surface area (Å²) in [5, 5.41) is 9.21. The average molecular weight is 385 g/mol. The summed E-state index contributed by atoms with van der Waals surface area (Å²) in [7, 11) is 1.61. The van der Waals surface area contributed by atoms with Gasteiger partial charge in [0.05, 0.1) is 12.7 Å². The second-order valence-corrected chi connectivity index (χ2v) is 8.46. The van der Waals surface area contributed by atoms with Crippen molar-refractivity contribution in [2.24, 2.45) is 9.98 Å². The predicted molar refractivity (Wildman–Crippen MR) is 111 cm³/mol. The Balaban J connectivity index is 2.66. The van der Waals surface area contributed by atoms with Crippen LogP contribution in [-0.2, 0) is 12.0 Å². The maximum atomic E-state index is 9.21. The minimum atomic E-state index is -0.0209. The van der Waals surface area contributed by atoms with E-state index in [1.165, 1.54) is 5.56 Å². The van der Waals surface area contributed by atoms with Crippen molar-refractivity contribution in [2.75, 3.05) is 7.11 Å². The number of aryl methyl sites for hydroxylation is 2. The molecule has 0 bridgehead atoms. The first kappa shape index (κ1) is 20.9. The summed E-state index contributed by atoms with van der Waals surface area (Å²) in [4.78, 5) is 8.81. The van der Waals surface area contributed by atoms with Crippen LogP contribution in [0.25, 0.3) is 0 Å². The van der Waals surface area contributed by atoms with Crippen LogP contribution in [-0.4, -0.2) is 16.9 Å². The van der Waals surface area contributed by atoms with Crippen molar-refractivity contribution in [3.05, 3.63) is 45.8 Å². The van der Waals surface area contributed by atoms with E-state index < -0.39 is 0 Å². The Bertz CT molecular complexity index is 923. The Kier molecular flexibility index (Phi) is 6.98. The molecular weight excluding hydrogens is 356 g/mol. The number of hydrogen-bond donors (Lipinski definition) is 0. The third-order valence-electron chi connectivity index (χ3n) is 4.15. The van der Waals surface area contributed by atoms with Gasteiger partial charge < -0.3 is 4.74 Å². The van der Waals surface area contributed by atoms with Gasteiger partial charge in [0.1, 0.15) is 10.4 Å². The molecule has 1 heterocycles. The van der Waals surface area contributed by atoms with E-state index in [1.54, 1.807) is 18.6 Å². The standard InChI is InChI=1S/C21H28N4OS/c1-7-8-9-16-13-25(21(3,4)5)27-20(16)24-19(23-14-22)17-12-15(2)10-11-18(17)26-6/h10-13H,7-9H2,1-6H3. The van der Waals surface area contributed by atoms with Crippen LogP contribution in [0.4, 0.5) is 0 Å². The van der Waals surface area contributed by atoms with E-state index in [0.717, 1.165) is 35.1 Å². The van der Waals surface area contributed by atoms with E-state index in [2.05, 4.69) is 42.8 Å². The fraction of sp³-hybridized carbons (Fsp3) is 0.476. The van der Waals surface area contributed by atoms with Crippen molar-refractivity contribution in [1.29, 1.82) is 5.26 Å². The molecule has 1 aromatic heterocycles.